The summed E-state index contributed by atoms with van der Waals surface area (Å²) in [7, 11) is 0. The number of thiazole rings is 1. The normalized spacial score (nSPS) is 11.5. The van der Waals surface area contributed by atoms with Gasteiger partial charge in [0.1, 0.15) is 0 Å². The summed E-state index contributed by atoms with van der Waals surface area (Å²) in [6.07, 6.45) is 0. The SMILES string of the molecule is CC(=O)Nc1ccc(SC(C)C(=O)Nc2nc(C)c(SCC#N)s2)cc1. The highest BCUT2D eigenvalue weighted by molar-refractivity contribution is 8.01. The standard InChI is InChI=1S/C17H18N4O2S3/c1-10-16(24-9-8-18)26-17(19-10)21-15(23)11(2)25-14-6-4-13(5-7-14)20-12(3)22/h4-7,11H,9H2,1-3H3,(H,20,22)(H,19,21,23). The highest BCUT2D eigenvalue weighted by Crippen LogP contribution is 2.32. The molecule has 1 aromatic carbocycles. The number of amides is 2. The number of anilines is 2. The Morgan fingerprint density at radius 1 is 1.31 bits per heavy atom. The third-order valence-electron chi connectivity index (χ3n) is 3.11. The van der Waals surface area contributed by atoms with E-state index >= 15 is 0 Å². The van der Waals surface area contributed by atoms with Crippen molar-refractivity contribution in [3.05, 3.63) is 30.0 Å². The van der Waals surface area contributed by atoms with Crippen LogP contribution in [0.1, 0.15) is 19.5 Å². The zero-order valence-corrected chi connectivity index (χ0v) is 17.0. The van der Waals surface area contributed by atoms with Gasteiger partial charge < -0.3 is 10.6 Å². The van der Waals surface area contributed by atoms with Crippen molar-refractivity contribution in [1.82, 2.24) is 4.98 Å². The molecule has 0 aliphatic rings. The molecule has 2 rings (SSSR count). The van der Waals surface area contributed by atoms with Gasteiger partial charge in [-0.15, -0.1) is 11.8 Å². The van der Waals surface area contributed by atoms with E-state index in [1.807, 2.05) is 26.0 Å². The first-order valence-corrected chi connectivity index (χ1v) is 10.4. The lowest BCUT2D eigenvalue weighted by atomic mass is 10.3. The van der Waals surface area contributed by atoms with Crippen LogP contribution in [0.4, 0.5) is 10.8 Å². The third-order valence-corrected chi connectivity index (χ3v) is 6.52. The molecule has 0 aliphatic carbocycles. The molecule has 1 heterocycles. The van der Waals surface area contributed by atoms with E-state index < -0.39 is 0 Å². The number of nitriles is 1. The zero-order valence-electron chi connectivity index (χ0n) is 14.5. The molecule has 2 aromatic rings. The Kier molecular flexibility index (Phi) is 7.50. The van der Waals surface area contributed by atoms with E-state index in [1.165, 1.54) is 41.8 Å². The fourth-order valence-corrected chi connectivity index (χ4v) is 4.62. The number of hydrogen-bond acceptors (Lipinski definition) is 7. The molecule has 26 heavy (non-hydrogen) atoms. The van der Waals surface area contributed by atoms with E-state index in [1.54, 1.807) is 12.1 Å². The lowest BCUT2D eigenvalue weighted by molar-refractivity contribution is -0.115. The Labute approximate surface area is 164 Å². The Morgan fingerprint density at radius 2 is 2.00 bits per heavy atom. The minimum Gasteiger partial charge on any atom is -0.326 e. The summed E-state index contributed by atoms with van der Waals surface area (Å²) in [5.74, 6) is 0.104. The number of nitrogens with zero attached hydrogens (tertiary/aromatic N) is 2. The minimum absolute atomic E-state index is 0.121. The molecule has 0 aliphatic heterocycles. The fraction of sp³-hybridized carbons (Fsp3) is 0.294. The molecule has 0 fully saturated rings. The summed E-state index contributed by atoms with van der Waals surface area (Å²) in [5, 5.41) is 14.4. The number of thioether (sulfide) groups is 2. The first-order valence-electron chi connectivity index (χ1n) is 7.71. The van der Waals surface area contributed by atoms with Crippen LogP contribution >= 0.6 is 34.9 Å². The summed E-state index contributed by atoms with van der Waals surface area (Å²) in [6.45, 7) is 5.15. The quantitative estimate of drug-likeness (QED) is 0.671. The van der Waals surface area contributed by atoms with Crippen molar-refractivity contribution in [2.75, 3.05) is 16.4 Å². The fourth-order valence-electron chi connectivity index (χ4n) is 1.95. The van der Waals surface area contributed by atoms with Crippen molar-refractivity contribution >= 4 is 57.5 Å². The van der Waals surface area contributed by atoms with Gasteiger partial charge in [0, 0.05) is 17.5 Å². The van der Waals surface area contributed by atoms with Gasteiger partial charge >= 0.3 is 0 Å². The second-order valence-electron chi connectivity index (χ2n) is 5.29. The Bertz CT molecular complexity index is 828. The number of nitrogens with one attached hydrogen (secondary N) is 2. The van der Waals surface area contributed by atoms with Crippen molar-refractivity contribution in [2.24, 2.45) is 0 Å². The van der Waals surface area contributed by atoms with Crippen LogP contribution in [0.3, 0.4) is 0 Å². The molecule has 0 saturated carbocycles. The van der Waals surface area contributed by atoms with Gasteiger partial charge in [-0.3, -0.25) is 9.59 Å². The topological polar surface area (TPSA) is 94.9 Å². The van der Waals surface area contributed by atoms with Gasteiger partial charge in [-0.05, 0) is 38.1 Å². The molecule has 0 radical (unpaired) electrons. The first kappa shape index (κ1) is 20.3. The summed E-state index contributed by atoms with van der Waals surface area (Å²) in [5.41, 5.74) is 1.54. The number of hydrogen-bond donors (Lipinski definition) is 2. The number of benzene rings is 1. The van der Waals surface area contributed by atoms with Crippen molar-refractivity contribution in [2.45, 2.75) is 35.1 Å². The molecule has 0 spiro atoms. The molecule has 0 bridgehead atoms. The Balaban J connectivity index is 1.93. The number of carbonyl (C=O) groups is 2. The van der Waals surface area contributed by atoms with Crippen LogP contribution in [0.2, 0.25) is 0 Å². The minimum atomic E-state index is -0.305. The van der Waals surface area contributed by atoms with Gasteiger partial charge in [-0.2, -0.15) is 5.26 Å². The lowest BCUT2D eigenvalue weighted by Crippen LogP contribution is -2.22. The summed E-state index contributed by atoms with van der Waals surface area (Å²) < 4.78 is 0.940. The maximum absolute atomic E-state index is 12.4. The molecule has 9 heteroatoms. The summed E-state index contributed by atoms with van der Waals surface area (Å²) in [6, 6.07) is 9.42. The van der Waals surface area contributed by atoms with Gasteiger partial charge in [0.05, 0.1) is 27.0 Å². The maximum atomic E-state index is 12.4. The summed E-state index contributed by atoms with van der Waals surface area (Å²) in [4.78, 5) is 28.7. The van der Waals surface area contributed by atoms with Crippen LogP contribution in [-0.4, -0.2) is 27.8 Å². The molecular formula is C17H18N4O2S3. The molecule has 1 aromatic heterocycles. The molecule has 6 nitrogen and oxygen atoms in total. The van der Waals surface area contributed by atoms with Gasteiger partial charge in [-0.25, -0.2) is 4.98 Å². The van der Waals surface area contributed by atoms with Gasteiger partial charge in [0.15, 0.2) is 5.13 Å². The number of aryl methyl sites for hydroxylation is 1. The van der Waals surface area contributed by atoms with Crippen molar-refractivity contribution in [1.29, 1.82) is 5.26 Å². The van der Waals surface area contributed by atoms with Crippen molar-refractivity contribution < 1.29 is 9.59 Å². The number of carbonyl (C=O) groups excluding carboxylic acids is 2. The van der Waals surface area contributed by atoms with Crippen LogP contribution in [0, 0.1) is 18.3 Å². The van der Waals surface area contributed by atoms with E-state index in [9.17, 15) is 9.59 Å². The van der Waals surface area contributed by atoms with E-state index in [4.69, 9.17) is 5.26 Å². The average molecular weight is 407 g/mol. The Morgan fingerprint density at radius 3 is 2.62 bits per heavy atom. The van der Waals surface area contributed by atoms with Gasteiger partial charge in [0.2, 0.25) is 11.8 Å². The second-order valence-corrected chi connectivity index (χ2v) is 8.95. The molecule has 0 saturated heterocycles. The maximum Gasteiger partial charge on any atom is 0.239 e. The van der Waals surface area contributed by atoms with Crippen LogP contribution in [0.15, 0.2) is 33.4 Å². The lowest BCUT2D eigenvalue weighted by Gasteiger charge is -2.11. The second kappa shape index (κ2) is 9.62. The average Bonchev–Trinajstić information content (AvgIpc) is 2.93. The highest BCUT2D eigenvalue weighted by atomic mass is 32.2. The predicted octanol–water partition coefficient (Wildman–Crippen LogP) is 4.14. The first-order chi connectivity index (χ1) is 12.4. The molecule has 1 unspecified atom stereocenters. The molecular weight excluding hydrogens is 388 g/mol. The van der Waals surface area contributed by atoms with E-state index in [-0.39, 0.29) is 17.1 Å². The molecule has 1 atom stereocenters. The van der Waals surface area contributed by atoms with Gasteiger partial charge in [0.25, 0.3) is 0 Å². The third kappa shape index (κ3) is 6.05. The van der Waals surface area contributed by atoms with Gasteiger partial charge in [-0.1, -0.05) is 23.1 Å². The monoisotopic (exact) mass is 406 g/mol. The number of aromatic nitrogens is 1. The smallest absolute Gasteiger partial charge is 0.239 e. The number of rotatable bonds is 7. The van der Waals surface area contributed by atoms with Crippen molar-refractivity contribution in [3.63, 3.8) is 0 Å². The predicted molar refractivity (Wildman–Crippen MR) is 108 cm³/mol. The largest absolute Gasteiger partial charge is 0.326 e. The zero-order chi connectivity index (χ0) is 19.1. The molecule has 2 N–H and O–H groups in total. The van der Waals surface area contributed by atoms with Crippen LogP contribution in [-0.2, 0) is 9.59 Å². The Hall–Kier alpha value is -2.02. The van der Waals surface area contributed by atoms with E-state index in [0.29, 0.717) is 10.9 Å². The van der Waals surface area contributed by atoms with Crippen LogP contribution < -0.4 is 10.6 Å². The highest BCUT2D eigenvalue weighted by Gasteiger charge is 2.17. The summed E-state index contributed by atoms with van der Waals surface area (Å²) >= 11 is 4.23. The molecule has 136 valence electrons. The van der Waals surface area contributed by atoms with E-state index in [2.05, 4.69) is 21.7 Å². The van der Waals surface area contributed by atoms with E-state index in [0.717, 1.165) is 20.5 Å². The van der Waals surface area contributed by atoms with Crippen LogP contribution in [0.5, 0.6) is 0 Å². The molecule has 2 amide bonds. The van der Waals surface area contributed by atoms with Crippen LogP contribution in [0.25, 0.3) is 0 Å². The van der Waals surface area contributed by atoms with Crippen molar-refractivity contribution in [3.8, 4) is 6.07 Å².